The van der Waals surface area contributed by atoms with Crippen LogP contribution in [-0.2, 0) is 21.3 Å². The summed E-state index contributed by atoms with van der Waals surface area (Å²) >= 11 is 0. The molecule has 0 radical (unpaired) electrons. The standard InChI is InChI=1S/C10H17N3O5S/c1-2-3-5-18-6-4-13-7-8(19(11,16)17)9(14)12-10(13)15/h7H,2-6H2,1H3,(H2,11,16,17)(H,12,14,15). The molecule has 8 nitrogen and oxygen atoms in total. The number of H-pyrrole nitrogens is 1. The first-order chi connectivity index (χ1) is 8.86. The molecule has 108 valence electrons. The topological polar surface area (TPSA) is 124 Å². The Bertz CT molecular complexity index is 631. The number of unbranched alkanes of at least 4 members (excludes halogenated alkanes) is 1. The van der Waals surface area contributed by atoms with Gasteiger partial charge in [-0.1, -0.05) is 13.3 Å². The van der Waals surface area contributed by atoms with Crippen LogP contribution < -0.4 is 16.4 Å². The van der Waals surface area contributed by atoms with Crippen LogP contribution >= 0.6 is 0 Å². The van der Waals surface area contributed by atoms with E-state index in [1.807, 2.05) is 11.9 Å². The van der Waals surface area contributed by atoms with E-state index in [4.69, 9.17) is 9.88 Å². The summed E-state index contributed by atoms with van der Waals surface area (Å²) in [6.45, 7) is 2.97. The Hall–Kier alpha value is -1.45. The Labute approximate surface area is 110 Å². The molecule has 0 atom stereocenters. The molecule has 1 aromatic rings. The van der Waals surface area contributed by atoms with E-state index in [2.05, 4.69) is 0 Å². The lowest BCUT2D eigenvalue weighted by atomic mass is 10.4. The zero-order valence-corrected chi connectivity index (χ0v) is 11.4. The molecule has 3 N–H and O–H groups in total. The predicted octanol–water partition coefficient (Wildman–Crippen LogP) is -0.999. The Balaban J connectivity index is 2.85. The van der Waals surface area contributed by atoms with Gasteiger partial charge < -0.3 is 4.74 Å². The van der Waals surface area contributed by atoms with Gasteiger partial charge in [0.15, 0.2) is 4.90 Å². The molecule has 0 saturated heterocycles. The molecule has 1 aromatic heterocycles. The number of primary sulfonamides is 1. The lowest BCUT2D eigenvalue weighted by Crippen LogP contribution is -2.35. The van der Waals surface area contributed by atoms with Crippen LogP contribution in [0.5, 0.6) is 0 Å². The second kappa shape index (κ2) is 6.64. The van der Waals surface area contributed by atoms with Crippen molar-refractivity contribution in [3.05, 3.63) is 27.0 Å². The number of nitrogens with zero attached hydrogens (tertiary/aromatic N) is 1. The first-order valence-corrected chi connectivity index (χ1v) is 7.35. The van der Waals surface area contributed by atoms with Gasteiger partial charge in [-0.25, -0.2) is 18.4 Å². The van der Waals surface area contributed by atoms with Gasteiger partial charge in [-0.05, 0) is 6.42 Å². The van der Waals surface area contributed by atoms with Gasteiger partial charge in [0.2, 0.25) is 10.0 Å². The molecule has 0 amide bonds. The van der Waals surface area contributed by atoms with Crippen LogP contribution in [0, 0.1) is 0 Å². The van der Waals surface area contributed by atoms with E-state index in [0.717, 1.165) is 23.6 Å². The van der Waals surface area contributed by atoms with Crippen molar-refractivity contribution < 1.29 is 13.2 Å². The van der Waals surface area contributed by atoms with E-state index in [-0.39, 0.29) is 13.2 Å². The molecule has 1 rings (SSSR count). The fourth-order valence-corrected chi connectivity index (χ4v) is 1.95. The van der Waals surface area contributed by atoms with Gasteiger partial charge in [0.05, 0.1) is 13.2 Å². The number of sulfonamides is 1. The second-order valence-corrected chi connectivity index (χ2v) is 5.49. The molecule has 0 unspecified atom stereocenters. The zero-order chi connectivity index (χ0) is 14.5. The number of ether oxygens (including phenoxy) is 1. The van der Waals surface area contributed by atoms with E-state index in [0.29, 0.717) is 6.61 Å². The van der Waals surface area contributed by atoms with Gasteiger partial charge in [0, 0.05) is 12.8 Å². The summed E-state index contributed by atoms with van der Waals surface area (Å²) in [6.07, 6.45) is 2.83. The molecule has 0 bridgehead atoms. The van der Waals surface area contributed by atoms with E-state index in [1.54, 1.807) is 0 Å². The Morgan fingerprint density at radius 1 is 1.37 bits per heavy atom. The van der Waals surface area contributed by atoms with E-state index >= 15 is 0 Å². The number of rotatable bonds is 7. The molecule has 0 aliphatic rings. The summed E-state index contributed by atoms with van der Waals surface area (Å²) in [5, 5.41) is 4.88. The smallest absolute Gasteiger partial charge is 0.328 e. The van der Waals surface area contributed by atoms with Crippen molar-refractivity contribution in [2.45, 2.75) is 31.2 Å². The average Bonchev–Trinajstić information content (AvgIpc) is 2.29. The highest BCUT2D eigenvalue weighted by molar-refractivity contribution is 7.89. The molecule has 0 fully saturated rings. The van der Waals surface area contributed by atoms with Crippen molar-refractivity contribution >= 4 is 10.0 Å². The number of hydrogen-bond donors (Lipinski definition) is 2. The number of nitrogens with one attached hydrogen (secondary N) is 1. The molecule has 0 saturated carbocycles. The molecule has 0 aromatic carbocycles. The molecule has 9 heteroatoms. The van der Waals surface area contributed by atoms with Gasteiger partial charge in [-0.3, -0.25) is 14.3 Å². The summed E-state index contributed by atoms with van der Waals surface area (Å²) in [6, 6.07) is 0. The minimum Gasteiger partial charge on any atom is -0.380 e. The molecule has 19 heavy (non-hydrogen) atoms. The molecule has 0 spiro atoms. The normalized spacial score (nSPS) is 11.7. The minimum atomic E-state index is -4.16. The van der Waals surface area contributed by atoms with Crippen molar-refractivity contribution in [2.75, 3.05) is 13.2 Å². The lowest BCUT2D eigenvalue weighted by molar-refractivity contribution is 0.122. The zero-order valence-electron chi connectivity index (χ0n) is 10.6. The van der Waals surface area contributed by atoms with Crippen LogP contribution in [0.25, 0.3) is 0 Å². The van der Waals surface area contributed by atoms with Gasteiger partial charge in [0.25, 0.3) is 5.56 Å². The minimum absolute atomic E-state index is 0.141. The van der Waals surface area contributed by atoms with Crippen LogP contribution in [0.2, 0.25) is 0 Å². The third-order valence-electron chi connectivity index (χ3n) is 2.40. The van der Waals surface area contributed by atoms with E-state index in [1.165, 1.54) is 0 Å². The maximum Gasteiger partial charge on any atom is 0.328 e. The third-order valence-corrected chi connectivity index (χ3v) is 3.31. The quantitative estimate of drug-likeness (QED) is 0.623. The summed E-state index contributed by atoms with van der Waals surface area (Å²) in [5.41, 5.74) is -1.72. The highest BCUT2D eigenvalue weighted by Crippen LogP contribution is 1.96. The Kier molecular flexibility index (Phi) is 5.45. The Morgan fingerprint density at radius 2 is 2.05 bits per heavy atom. The van der Waals surface area contributed by atoms with Crippen molar-refractivity contribution in [2.24, 2.45) is 5.14 Å². The first kappa shape index (κ1) is 15.6. The van der Waals surface area contributed by atoms with Crippen molar-refractivity contribution in [1.29, 1.82) is 0 Å². The molecule has 0 aliphatic carbocycles. The molecular weight excluding hydrogens is 274 g/mol. The fraction of sp³-hybridized carbons (Fsp3) is 0.600. The largest absolute Gasteiger partial charge is 0.380 e. The van der Waals surface area contributed by atoms with Crippen LogP contribution in [0.15, 0.2) is 20.7 Å². The summed E-state index contributed by atoms with van der Waals surface area (Å²) in [5.74, 6) is 0. The van der Waals surface area contributed by atoms with E-state index in [9.17, 15) is 18.0 Å². The van der Waals surface area contributed by atoms with Gasteiger partial charge >= 0.3 is 5.69 Å². The summed E-state index contributed by atoms with van der Waals surface area (Å²) < 4.78 is 28.6. The fourth-order valence-electron chi connectivity index (χ4n) is 1.37. The van der Waals surface area contributed by atoms with E-state index < -0.39 is 26.2 Å². The highest BCUT2D eigenvalue weighted by Gasteiger charge is 2.15. The SMILES string of the molecule is CCCCOCCn1cc(S(N)(=O)=O)c(=O)[nH]c1=O. The summed E-state index contributed by atoms with van der Waals surface area (Å²) in [4.78, 5) is 24.0. The van der Waals surface area contributed by atoms with Gasteiger partial charge in [-0.2, -0.15) is 0 Å². The monoisotopic (exact) mass is 291 g/mol. The molecule has 0 aliphatic heterocycles. The summed E-state index contributed by atoms with van der Waals surface area (Å²) in [7, 11) is -4.16. The second-order valence-electron chi connectivity index (χ2n) is 3.96. The molecule has 1 heterocycles. The highest BCUT2D eigenvalue weighted by atomic mass is 32.2. The number of aromatic amines is 1. The maximum absolute atomic E-state index is 11.5. The van der Waals surface area contributed by atoms with Crippen LogP contribution in [0.3, 0.4) is 0 Å². The van der Waals surface area contributed by atoms with Gasteiger partial charge in [-0.15, -0.1) is 0 Å². The third kappa shape index (κ3) is 4.62. The Morgan fingerprint density at radius 3 is 2.63 bits per heavy atom. The number of aromatic nitrogens is 2. The van der Waals surface area contributed by atoms with Crippen molar-refractivity contribution in [3.63, 3.8) is 0 Å². The van der Waals surface area contributed by atoms with Crippen LogP contribution in [-0.4, -0.2) is 31.2 Å². The number of nitrogens with two attached hydrogens (primary N) is 1. The molecular formula is C10H17N3O5S. The van der Waals surface area contributed by atoms with Gasteiger partial charge in [0.1, 0.15) is 0 Å². The first-order valence-electron chi connectivity index (χ1n) is 5.80. The van der Waals surface area contributed by atoms with Crippen molar-refractivity contribution in [3.8, 4) is 0 Å². The van der Waals surface area contributed by atoms with Crippen LogP contribution in [0.4, 0.5) is 0 Å². The average molecular weight is 291 g/mol. The maximum atomic E-state index is 11.5. The van der Waals surface area contributed by atoms with Crippen LogP contribution in [0.1, 0.15) is 19.8 Å². The lowest BCUT2D eigenvalue weighted by Gasteiger charge is -2.07. The number of hydrogen-bond acceptors (Lipinski definition) is 5. The predicted molar refractivity (Wildman–Crippen MR) is 68.4 cm³/mol. The van der Waals surface area contributed by atoms with Crippen molar-refractivity contribution in [1.82, 2.24) is 9.55 Å².